The molecule has 0 aromatic heterocycles. The number of ketones is 1. The molecule has 4 nitrogen and oxygen atoms in total. The number of unbranched alkanes of at least 4 members (excludes halogenated alkanes) is 20. The van der Waals surface area contributed by atoms with Crippen molar-refractivity contribution in [2.45, 2.75) is 168 Å². The van der Waals surface area contributed by atoms with Crippen LogP contribution in [-0.4, -0.2) is 41.4 Å². The van der Waals surface area contributed by atoms with E-state index in [-0.39, 0.29) is 12.3 Å². The summed E-state index contributed by atoms with van der Waals surface area (Å²) < 4.78 is 0. The minimum atomic E-state index is -0.832. The predicted molar refractivity (Wildman–Crippen MR) is 160 cm³/mol. The number of aliphatic carboxylic acids is 1. The van der Waals surface area contributed by atoms with Gasteiger partial charge >= 0.3 is 5.97 Å². The van der Waals surface area contributed by atoms with E-state index in [4.69, 9.17) is 0 Å². The zero-order chi connectivity index (χ0) is 27.2. The summed E-state index contributed by atoms with van der Waals surface area (Å²) in [4.78, 5) is 25.5. The number of carbonyl (C=O) groups is 2. The van der Waals surface area contributed by atoms with Crippen molar-refractivity contribution in [1.82, 2.24) is 4.90 Å². The van der Waals surface area contributed by atoms with E-state index in [1.54, 1.807) is 0 Å². The van der Waals surface area contributed by atoms with Gasteiger partial charge in [-0.3, -0.25) is 14.5 Å². The molecule has 0 aromatic rings. The number of Topliss-reactive ketones (excluding diaryl/α,β-unsaturated/α-hetero) is 1. The highest BCUT2D eigenvalue weighted by atomic mass is 16.4. The maximum Gasteiger partial charge on any atom is 0.317 e. The van der Waals surface area contributed by atoms with Crippen LogP contribution in [0.25, 0.3) is 0 Å². The molecular weight excluding hydrogens is 458 g/mol. The minimum Gasteiger partial charge on any atom is -0.480 e. The molecule has 0 aliphatic rings. The van der Waals surface area contributed by atoms with E-state index in [1.165, 1.54) is 122 Å². The van der Waals surface area contributed by atoms with Crippen molar-refractivity contribution in [1.29, 1.82) is 0 Å². The number of carboxylic acids is 1. The molecule has 218 valence electrons. The van der Waals surface area contributed by atoms with E-state index in [2.05, 4.69) is 26.0 Å². The third kappa shape index (κ3) is 29.3. The molecule has 0 radical (unpaired) electrons. The van der Waals surface area contributed by atoms with Gasteiger partial charge in [-0.2, -0.15) is 0 Å². The summed E-state index contributed by atoms with van der Waals surface area (Å²) in [5.74, 6) is -0.633. The van der Waals surface area contributed by atoms with Crippen molar-refractivity contribution in [3.63, 3.8) is 0 Å². The standard InChI is InChI=1S/C33H63NO3/c1-3-5-7-9-11-13-15-16-17-18-19-20-22-24-26-28-32(35)30-34(31-33(36)37)29-27-25-23-21-14-12-10-8-6-4-2/h16-17H,3-15,18-31H2,1-2H3,(H,36,37)/b17-16-. The maximum atomic E-state index is 12.4. The molecule has 0 amide bonds. The average Bonchev–Trinajstić information content (AvgIpc) is 2.87. The number of carbonyl (C=O) groups excluding carboxylic acids is 1. The van der Waals surface area contributed by atoms with Gasteiger partial charge in [0.2, 0.25) is 0 Å². The molecule has 0 aromatic carbocycles. The van der Waals surface area contributed by atoms with E-state index in [9.17, 15) is 14.7 Å². The Morgan fingerprint density at radius 2 is 0.946 bits per heavy atom. The quantitative estimate of drug-likeness (QED) is 0.0754. The lowest BCUT2D eigenvalue weighted by Gasteiger charge is -2.19. The summed E-state index contributed by atoms with van der Waals surface area (Å²) in [5, 5.41) is 9.22. The van der Waals surface area contributed by atoms with Gasteiger partial charge in [0.25, 0.3) is 0 Å². The van der Waals surface area contributed by atoms with Gasteiger partial charge in [-0.25, -0.2) is 0 Å². The number of rotatable bonds is 30. The van der Waals surface area contributed by atoms with Gasteiger partial charge in [0.05, 0.1) is 13.1 Å². The first-order valence-electron chi connectivity index (χ1n) is 16.2. The summed E-state index contributed by atoms with van der Waals surface area (Å²) in [7, 11) is 0. The number of allylic oxidation sites excluding steroid dienone is 2. The van der Waals surface area contributed by atoms with Gasteiger partial charge in [0.15, 0.2) is 0 Å². The van der Waals surface area contributed by atoms with Crippen LogP contribution < -0.4 is 0 Å². The molecule has 1 N–H and O–H groups in total. The van der Waals surface area contributed by atoms with Crippen molar-refractivity contribution in [2.24, 2.45) is 0 Å². The van der Waals surface area contributed by atoms with E-state index in [1.807, 2.05) is 4.90 Å². The lowest BCUT2D eigenvalue weighted by Crippen LogP contribution is -2.35. The van der Waals surface area contributed by atoms with Gasteiger partial charge in [0, 0.05) is 6.42 Å². The fourth-order valence-electron chi connectivity index (χ4n) is 4.95. The van der Waals surface area contributed by atoms with E-state index < -0.39 is 5.97 Å². The van der Waals surface area contributed by atoms with E-state index >= 15 is 0 Å². The third-order valence-corrected chi connectivity index (χ3v) is 7.30. The first-order chi connectivity index (χ1) is 18.1. The molecular formula is C33H63NO3. The van der Waals surface area contributed by atoms with Crippen LogP contribution in [0.3, 0.4) is 0 Å². The fourth-order valence-corrected chi connectivity index (χ4v) is 4.95. The highest BCUT2D eigenvalue weighted by Crippen LogP contribution is 2.12. The molecule has 0 aliphatic heterocycles. The second-order valence-corrected chi connectivity index (χ2v) is 11.2. The van der Waals surface area contributed by atoms with E-state index in [0.717, 1.165) is 32.2 Å². The van der Waals surface area contributed by atoms with Crippen molar-refractivity contribution < 1.29 is 14.7 Å². The second kappa shape index (κ2) is 29.4. The van der Waals surface area contributed by atoms with Crippen LogP contribution in [0, 0.1) is 0 Å². The monoisotopic (exact) mass is 521 g/mol. The number of hydrogen-bond donors (Lipinski definition) is 1. The lowest BCUT2D eigenvalue weighted by atomic mass is 10.1. The Labute approximate surface area is 231 Å². The summed E-state index contributed by atoms with van der Waals surface area (Å²) in [6.07, 6.45) is 34.3. The largest absolute Gasteiger partial charge is 0.480 e. The molecule has 0 rings (SSSR count). The van der Waals surface area contributed by atoms with Crippen molar-refractivity contribution in [3.05, 3.63) is 12.2 Å². The molecule has 0 saturated carbocycles. The number of nitrogens with zero attached hydrogens (tertiary/aromatic N) is 1. The Morgan fingerprint density at radius 1 is 0.541 bits per heavy atom. The summed E-state index contributed by atoms with van der Waals surface area (Å²) in [6.45, 7) is 5.52. The Morgan fingerprint density at radius 3 is 1.41 bits per heavy atom. The van der Waals surface area contributed by atoms with Gasteiger partial charge in [-0.15, -0.1) is 0 Å². The highest BCUT2D eigenvalue weighted by molar-refractivity contribution is 5.81. The molecule has 0 heterocycles. The van der Waals surface area contributed by atoms with Crippen molar-refractivity contribution >= 4 is 11.8 Å². The van der Waals surface area contributed by atoms with Crippen LogP contribution in [0.4, 0.5) is 0 Å². The zero-order valence-electron chi connectivity index (χ0n) is 25.0. The summed E-state index contributed by atoms with van der Waals surface area (Å²) >= 11 is 0. The first-order valence-corrected chi connectivity index (χ1v) is 16.2. The minimum absolute atomic E-state index is 0.0183. The van der Waals surface area contributed by atoms with Gasteiger partial charge in [-0.1, -0.05) is 135 Å². The smallest absolute Gasteiger partial charge is 0.317 e. The van der Waals surface area contributed by atoms with Crippen LogP contribution in [0.2, 0.25) is 0 Å². The zero-order valence-corrected chi connectivity index (χ0v) is 25.0. The summed E-state index contributed by atoms with van der Waals surface area (Å²) in [6, 6.07) is 0. The van der Waals surface area contributed by atoms with E-state index in [0.29, 0.717) is 13.0 Å². The van der Waals surface area contributed by atoms with Crippen LogP contribution in [0.1, 0.15) is 168 Å². The number of carboxylic acid groups (broad SMARTS) is 1. The van der Waals surface area contributed by atoms with Crippen molar-refractivity contribution in [3.8, 4) is 0 Å². The third-order valence-electron chi connectivity index (χ3n) is 7.30. The molecule has 0 unspecified atom stereocenters. The predicted octanol–water partition coefficient (Wildman–Crippen LogP) is 9.90. The molecule has 0 aliphatic carbocycles. The first kappa shape index (κ1) is 35.8. The molecule has 0 bridgehead atoms. The average molecular weight is 522 g/mol. The SMILES string of the molecule is CCCCCCCC/C=C\CCCCCCCC(=O)CN(CCCCCCCCCCCC)CC(=O)O. The summed E-state index contributed by atoms with van der Waals surface area (Å²) in [5.41, 5.74) is 0. The molecule has 0 fully saturated rings. The van der Waals surface area contributed by atoms with Crippen LogP contribution >= 0.6 is 0 Å². The van der Waals surface area contributed by atoms with Gasteiger partial charge < -0.3 is 5.11 Å². The lowest BCUT2D eigenvalue weighted by molar-refractivity contribution is -0.138. The molecule has 0 atom stereocenters. The van der Waals surface area contributed by atoms with Gasteiger partial charge in [-0.05, 0) is 45.1 Å². The number of hydrogen-bond acceptors (Lipinski definition) is 3. The van der Waals surface area contributed by atoms with Crippen LogP contribution in [-0.2, 0) is 9.59 Å². The fraction of sp³-hybridized carbons (Fsp3) is 0.879. The van der Waals surface area contributed by atoms with Crippen molar-refractivity contribution in [2.75, 3.05) is 19.6 Å². The van der Waals surface area contributed by atoms with Crippen LogP contribution in [0.5, 0.6) is 0 Å². The molecule has 0 saturated heterocycles. The Kier molecular flexibility index (Phi) is 28.5. The van der Waals surface area contributed by atoms with Gasteiger partial charge in [0.1, 0.15) is 5.78 Å². The highest BCUT2D eigenvalue weighted by Gasteiger charge is 2.13. The molecule has 37 heavy (non-hydrogen) atoms. The Hall–Kier alpha value is -1.16. The Bertz CT molecular complexity index is 532. The Balaban J connectivity index is 3.69. The van der Waals surface area contributed by atoms with Crippen LogP contribution in [0.15, 0.2) is 12.2 Å². The molecule has 0 spiro atoms. The molecule has 4 heteroatoms. The second-order valence-electron chi connectivity index (χ2n) is 11.2. The maximum absolute atomic E-state index is 12.4. The topological polar surface area (TPSA) is 57.6 Å². The normalized spacial score (nSPS) is 11.6.